The second kappa shape index (κ2) is 5.99. The topological polar surface area (TPSA) is 67.6 Å². The highest BCUT2D eigenvalue weighted by Gasteiger charge is 2.28. The van der Waals surface area contributed by atoms with Crippen molar-refractivity contribution in [3.05, 3.63) is 29.6 Å². The summed E-state index contributed by atoms with van der Waals surface area (Å²) in [5.74, 6) is -0.516. The van der Waals surface area contributed by atoms with Gasteiger partial charge in [-0.15, -0.1) is 0 Å². The number of morpholine rings is 1. The first-order valence-electron chi connectivity index (χ1n) is 6.19. The van der Waals surface area contributed by atoms with Crippen molar-refractivity contribution >= 4 is 11.6 Å². The molecule has 6 heteroatoms. The number of benzene rings is 1. The first-order valence-corrected chi connectivity index (χ1v) is 6.19. The zero-order valence-corrected chi connectivity index (χ0v) is 10.9. The van der Waals surface area contributed by atoms with Crippen molar-refractivity contribution in [3.63, 3.8) is 0 Å². The van der Waals surface area contributed by atoms with Gasteiger partial charge in [0, 0.05) is 20.1 Å². The number of likely N-dealkylation sites (N-methyl/N-ethyl adjacent to an activating group) is 1. The molecular formula is C13H18FN3O2. The van der Waals surface area contributed by atoms with Gasteiger partial charge in [0.05, 0.1) is 18.9 Å². The summed E-state index contributed by atoms with van der Waals surface area (Å²) in [6.45, 7) is 2.07. The lowest BCUT2D eigenvalue weighted by atomic mass is 10.1. The number of carbonyl (C=O) groups excluding carboxylic acids is 1. The van der Waals surface area contributed by atoms with E-state index >= 15 is 0 Å². The number of halogens is 1. The molecule has 1 fully saturated rings. The summed E-state index contributed by atoms with van der Waals surface area (Å²) < 4.78 is 18.7. The van der Waals surface area contributed by atoms with Gasteiger partial charge in [0.2, 0.25) is 5.91 Å². The summed E-state index contributed by atoms with van der Waals surface area (Å²) in [6.07, 6.45) is 0. The molecule has 1 aromatic carbocycles. The number of hydrogen-bond acceptors (Lipinski definition) is 4. The van der Waals surface area contributed by atoms with Gasteiger partial charge in [-0.25, -0.2) is 4.39 Å². The number of carbonyl (C=O) groups is 1. The standard InChI is InChI=1S/C13H18FN3O2/c1-16-13(18)12-8-19-5-4-17(12)7-9-2-3-11(15)10(14)6-9/h2-3,6,12H,4-5,7-8,15H2,1H3,(H,16,18). The van der Waals surface area contributed by atoms with Gasteiger partial charge in [-0.3, -0.25) is 9.69 Å². The Balaban J connectivity index is 2.10. The van der Waals surface area contributed by atoms with E-state index < -0.39 is 5.82 Å². The van der Waals surface area contributed by atoms with E-state index in [4.69, 9.17) is 10.5 Å². The Hall–Kier alpha value is -1.66. The van der Waals surface area contributed by atoms with E-state index in [-0.39, 0.29) is 17.6 Å². The van der Waals surface area contributed by atoms with E-state index in [1.807, 2.05) is 4.90 Å². The second-order valence-corrected chi connectivity index (χ2v) is 4.53. The molecule has 0 bridgehead atoms. The SMILES string of the molecule is CNC(=O)C1COCCN1Cc1ccc(N)c(F)c1. The number of nitrogens with zero attached hydrogens (tertiary/aromatic N) is 1. The van der Waals surface area contributed by atoms with Crippen molar-refractivity contribution in [3.8, 4) is 0 Å². The Morgan fingerprint density at radius 1 is 1.63 bits per heavy atom. The van der Waals surface area contributed by atoms with Gasteiger partial charge in [-0.1, -0.05) is 6.07 Å². The minimum atomic E-state index is -0.428. The molecule has 3 N–H and O–H groups in total. The van der Waals surface area contributed by atoms with Gasteiger partial charge >= 0.3 is 0 Å². The van der Waals surface area contributed by atoms with Gasteiger partial charge in [0.15, 0.2) is 0 Å². The fourth-order valence-corrected chi connectivity index (χ4v) is 2.14. The normalized spacial score (nSPS) is 20.2. The van der Waals surface area contributed by atoms with Crippen LogP contribution in [0.3, 0.4) is 0 Å². The van der Waals surface area contributed by atoms with Gasteiger partial charge in [0.1, 0.15) is 11.9 Å². The number of nitrogens with one attached hydrogen (secondary N) is 1. The zero-order valence-electron chi connectivity index (χ0n) is 10.9. The first kappa shape index (κ1) is 13.8. The molecule has 1 atom stereocenters. The number of hydrogen-bond donors (Lipinski definition) is 2. The van der Waals surface area contributed by atoms with Crippen LogP contribution in [-0.2, 0) is 16.1 Å². The van der Waals surface area contributed by atoms with Crippen LogP contribution in [-0.4, -0.2) is 43.7 Å². The van der Waals surface area contributed by atoms with E-state index in [1.54, 1.807) is 19.2 Å². The summed E-state index contributed by atoms with van der Waals surface area (Å²) in [5.41, 5.74) is 6.37. The third-order valence-electron chi connectivity index (χ3n) is 3.24. The van der Waals surface area contributed by atoms with Crippen LogP contribution in [0.5, 0.6) is 0 Å². The monoisotopic (exact) mass is 267 g/mol. The minimum absolute atomic E-state index is 0.0874. The van der Waals surface area contributed by atoms with Crippen molar-refractivity contribution in [2.24, 2.45) is 0 Å². The molecule has 1 aliphatic rings. The Morgan fingerprint density at radius 2 is 2.42 bits per heavy atom. The van der Waals surface area contributed by atoms with Crippen molar-refractivity contribution in [2.45, 2.75) is 12.6 Å². The molecule has 19 heavy (non-hydrogen) atoms. The maximum Gasteiger partial charge on any atom is 0.239 e. The number of rotatable bonds is 3. The number of nitrogens with two attached hydrogens (primary N) is 1. The van der Waals surface area contributed by atoms with E-state index in [9.17, 15) is 9.18 Å². The number of nitrogen functional groups attached to an aromatic ring is 1. The fourth-order valence-electron chi connectivity index (χ4n) is 2.14. The number of amides is 1. The van der Waals surface area contributed by atoms with Gasteiger partial charge < -0.3 is 15.8 Å². The molecule has 0 aromatic heterocycles. The zero-order chi connectivity index (χ0) is 13.8. The average molecular weight is 267 g/mol. The highest BCUT2D eigenvalue weighted by molar-refractivity contribution is 5.81. The second-order valence-electron chi connectivity index (χ2n) is 4.53. The Bertz CT molecular complexity index is 467. The Morgan fingerprint density at radius 3 is 3.11 bits per heavy atom. The molecule has 1 aromatic rings. The average Bonchev–Trinajstić information content (AvgIpc) is 2.43. The van der Waals surface area contributed by atoms with Crippen LogP contribution in [0, 0.1) is 5.82 Å². The molecule has 1 amide bonds. The van der Waals surface area contributed by atoms with Crippen LogP contribution in [0.1, 0.15) is 5.56 Å². The van der Waals surface area contributed by atoms with Gasteiger partial charge in [-0.05, 0) is 17.7 Å². The highest BCUT2D eigenvalue weighted by atomic mass is 19.1. The summed E-state index contributed by atoms with van der Waals surface area (Å²) in [6, 6.07) is 4.39. The van der Waals surface area contributed by atoms with Crippen molar-refractivity contribution < 1.29 is 13.9 Å². The van der Waals surface area contributed by atoms with Crippen LogP contribution >= 0.6 is 0 Å². The summed E-state index contributed by atoms with van der Waals surface area (Å²) in [7, 11) is 1.60. The lowest BCUT2D eigenvalue weighted by Crippen LogP contribution is -2.52. The Kier molecular flexibility index (Phi) is 4.34. The molecule has 1 saturated heterocycles. The molecular weight excluding hydrogens is 249 g/mol. The van der Waals surface area contributed by atoms with Crippen molar-refractivity contribution in [1.82, 2.24) is 10.2 Å². The van der Waals surface area contributed by atoms with Crippen molar-refractivity contribution in [2.75, 3.05) is 32.5 Å². The summed E-state index contributed by atoms with van der Waals surface area (Å²) in [5, 5.41) is 2.62. The quantitative estimate of drug-likeness (QED) is 0.776. The summed E-state index contributed by atoms with van der Waals surface area (Å²) >= 11 is 0. The largest absolute Gasteiger partial charge is 0.396 e. The molecule has 1 unspecified atom stereocenters. The molecule has 1 heterocycles. The maximum absolute atomic E-state index is 13.4. The molecule has 0 saturated carbocycles. The molecule has 2 rings (SSSR count). The third-order valence-corrected chi connectivity index (χ3v) is 3.24. The fraction of sp³-hybridized carbons (Fsp3) is 0.462. The van der Waals surface area contributed by atoms with Gasteiger partial charge in [0.25, 0.3) is 0 Å². The molecule has 0 aliphatic carbocycles. The van der Waals surface area contributed by atoms with Crippen LogP contribution in [0.2, 0.25) is 0 Å². The van der Waals surface area contributed by atoms with Gasteiger partial charge in [-0.2, -0.15) is 0 Å². The van der Waals surface area contributed by atoms with Crippen molar-refractivity contribution in [1.29, 1.82) is 0 Å². The maximum atomic E-state index is 13.4. The predicted molar refractivity (Wildman–Crippen MR) is 69.9 cm³/mol. The molecule has 0 spiro atoms. The lowest BCUT2D eigenvalue weighted by Gasteiger charge is -2.34. The van der Waals surface area contributed by atoms with E-state index in [0.717, 1.165) is 5.56 Å². The number of ether oxygens (including phenoxy) is 1. The minimum Gasteiger partial charge on any atom is -0.396 e. The van der Waals surface area contributed by atoms with Crippen LogP contribution < -0.4 is 11.1 Å². The predicted octanol–water partition coefficient (Wildman–Crippen LogP) is 0.355. The van der Waals surface area contributed by atoms with E-state index in [1.165, 1.54) is 6.07 Å². The lowest BCUT2D eigenvalue weighted by molar-refractivity contribution is -0.132. The van der Waals surface area contributed by atoms with Crippen LogP contribution in [0.15, 0.2) is 18.2 Å². The Labute approximate surface area is 111 Å². The molecule has 1 aliphatic heterocycles. The smallest absolute Gasteiger partial charge is 0.239 e. The van der Waals surface area contributed by atoms with E-state index in [2.05, 4.69) is 5.32 Å². The van der Waals surface area contributed by atoms with E-state index in [0.29, 0.717) is 26.3 Å². The first-order chi connectivity index (χ1) is 9.11. The highest BCUT2D eigenvalue weighted by Crippen LogP contribution is 2.16. The van der Waals surface area contributed by atoms with Crippen LogP contribution in [0.4, 0.5) is 10.1 Å². The molecule has 5 nitrogen and oxygen atoms in total. The third kappa shape index (κ3) is 3.21. The molecule has 0 radical (unpaired) electrons. The number of anilines is 1. The summed E-state index contributed by atoms with van der Waals surface area (Å²) in [4.78, 5) is 13.7. The van der Waals surface area contributed by atoms with Crippen LogP contribution in [0.25, 0.3) is 0 Å². The molecule has 104 valence electrons.